The van der Waals surface area contributed by atoms with E-state index in [1.807, 2.05) is 0 Å². The lowest BCUT2D eigenvalue weighted by atomic mass is 9.82. The van der Waals surface area contributed by atoms with Crippen LogP contribution >= 0.6 is 0 Å². The van der Waals surface area contributed by atoms with Gasteiger partial charge in [-0.1, -0.05) is 6.42 Å². The Kier molecular flexibility index (Phi) is 2.54. The van der Waals surface area contributed by atoms with E-state index < -0.39 is 0 Å². The van der Waals surface area contributed by atoms with E-state index in [2.05, 4.69) is 5.32 Å². The minimum Gasteiger partial charge on any atom is -0.469 e. The molecule has 3 heteroatoms. The van der Waals surface area contributed by atoms with Crippen LogP contribution in [0.15, 0.2) is 0 Å². The van der Waals surface area contributed by atoms with Crippen LogP contribution in [-0.4, -0.2) is 25.7 Å². The molecular formula is C10H17NO2. The molecule has 13 heavy (non-hydrogen) atoms. The molecule has 0 aromatic heterocycles. The first kappa shape index (κ1) is 9.00. The summed E-state index contributed by atoms with van der Waals surface area (Å²) in [5.41, 5.74) is 0. The van der Waals surface area contributed by atoms with Gasteiger partial charge in [-0.3, -0.25) is 4.79 Å². The third-order valence-electron chi connectivity index (χ3n) is 3.45. The van der Waals surface area contributed by atoms with Crippen molar-refractivity contribution in [2.45, 2.75) is 31.7 Å². The van der Waals surface area contributed by atoms with Gasteiger partial charge in [-0.15, -0.1) is 0 Å². The summed E-state index contributed by atoms with van der Waals surface area (Å²) in [6.45, 7) is 0.973. The number of nitrogens with one attached hydrogen (secondary N) is 1. The van der Waals surface area contributed by atoms with Crippen molar-refractivity contribution in [2.75, 3.05) is 13.7 Å². The summed E-state index contributed by atoms with van der Waals surface area (Å²) in [4.78, 5) is 11.5. The van der Waals surface area contributed by atoms with Gasteiger partial charge in [-0.05, 0) is 31.7 Å². The Balaban J connectivity index is 2.05. The molecule has 2 rings (SSSR count). The number of hydrogen-bond donors (Lipinski definition) is 1. The molecule has 3 nitrogen and oxygen atoms in total. The van der Waals surface area contributed by atoms with Crippen LogP contribution in [0.2, 0.25) is 0 Å². The first-order chi connectivity index (χ1) is 6.33. The third-order valence-corrected chi connectivity index (χ3v) is 3.45. The zero-order valence-electron chi connectivity index (χ0n) is 8.08. The van der Waals surface area contributed by atoms with Crippen LogP contribution in [0.25, 0.3) is 0 Å². The lowest BCUT2D eigenvalue weighted by Gasteiger charge is -2.32. The van der Waals surface area contributed by atoms with Crippen molar-refractivity contribution < 1.29 is 9.53 Å². The van der Waals surface area contributed by atoms with Crippen LogP contribution in [-0.2, 0) is 9.53 Å². The number of methoxy groups -OCH3 is 1. The summed E-state index contributed by atoms with van der Waals surface area (Å²) in [5.74, 6) is 0.707. The summed E-state index contributed by atoms with van der Waals surface area (Å²) in [7, 11) is 1.49. The van der Waals surface area contributed by atoms with E-state index in [4.69, 9.17) is 4.74 Å². The fourth-order valence-corrected chi connectivity index (χ4v) is 2.81. The molecule has 1 saturated carbocycles. The Morgan fingerprint density at radius 2 is 2.23 bits per heavy atom. The van der Waals surface area contributed by atoms with Crippen molar-refractivity contribution in [3.8, 4) is 0 Å². The molecule has 3 atom stereocenters. The minimum atomic E-state index is -0.00148. The van der Waals surface area contributed by atoms with E-state index in [0.29, 0.717) is 12.0 Å². The number of hydrogen-bond acceptors (Lipinski definition) is 3. The van der Waals surface area contributed by atoms with Crippen LogP contribution in [0.3, 0.4) is 0 Å². The van der Waals surface area contributed by atoms with Gasteiger partial charge in [0.25, 0.3) is 0 Å². The van der Waals surface area contributed by atoms with E-state index in [-0.39, 0.29) is 11.9 Å². The van der Waals surface area contributed by atoms with E-state index in [0.717, 1.165) is 13.0 Å². The topological polar surface area (TPSA) is 38.3 Å². The molecule has 0 spiro atoms. The first-order valence-corrected chi connectivity index (χ1v) is 5.14. The molecule has 0 bridgehead atoms. The zero-order chi connectivity index (χ0) is 9.26. The molecule has 1 N–H and O–H groups in total. The maximum absolute atomic E-state index is 11.5. The molecule has 1 aliphatic carbocycles. The Hall–Kier alpha value is -0.570. The highest BCUT2D eigenvalue weighted by Crippen LogP contribution is 2.36. The van der Waals surface area contributed by atoms with Crippen molar-refractivity contribution >= 4 is 5.97 Å². The maximum atomic E-state index is 11.5. The number of esters is 1. The second-order valence-electron chi connectivity index (χ2n) is 4.07. The molecule has 1 aliphatic heterocycles. The molecule has 0 unspecified atom stereocenters. The highest BCUT2D eigenvalue weighted by Gasteiger charge is 2.40. The van der Waals surface area contributed by atoms with Crippen LogP contribution < -0.4 is 5.32 Å². The van der Waals surface area contributed by atoms with E-state index in [1.54, 1.807) is 0 Å². The van der Waals surface area contributed by atoms with Crippen molar-refractivity contribution in [3.63, 3.8) is 0 Å². The fraction of sp³-hybridized carbons (Fsp3) is 0.900. The van der Waals surface area contributed by atoms with Gasteiger partial charge in [0, 0.05) is 6.04 Å². The van der Waals surface area contributed by atoms with Crippen molar-refractivity contribution in [3.05, 3.63) is 0 Å². The Morgan fingerprint density at radius 3 is 3.00 bits per heavy atom. The smallest absolute Gasteiger partial charge is 0.309 e. The summed E-state index contributed by atoms with van der Waals surface area (Å²) >= 11 is 0. The van der Waals surface area contributed by atoms with Crippen LogP contribution in [0.4, 0.5) is 0 Å². The van der Waals surface area contributed by atoms with Gasteiger partial charge in [-0.2, -0.15) is 0 Å². The Bertz CT molecular complexity index is 205. The van der Waals surface area contributed by atoms with Crippen molar-refractivity contribution in [2.24, 2.45) is 11.8 Å². The highest BCUT2D eigenvalue weighted by molar-refractivity contribution is 5.73. The summed E-state index contributed by atoms with van der Waals surface area (Å²) in [6, 6.07) is 0.581. The molecule has 0 aromatic carbocycles. The quantitative estimate of drug-likeness (QED) is 0.615. The SMILES string of the molecule is COC(=O)[C@@H]1CCN[C@H]2CCC[C@@H]21. The molecule has 0 amide bonds. The first-order valence-electron chi connectivity index (χ1n) is 5.14. The fourth-order valence-electron chi connectivity index (χ4n) is 2.81. The average Bonchev–Trinajstić information content (AvgIpc) is 2.63. The maximum Gasteiger partial charge on any atom is 0.309 e. The summed E-state index contributed by atoms with van der Waals surface area (Å²) < 4.78 is 4.83. The predicted octanol–water partition coefficient (Wildman–Crippen LogP) is 0.938. The molecule has 0 radical (unpaired) electrons. The van der Waals surface area contributed by atoms with Crippen LogP contribution in [0.1, 0.15) is 25.7 Å². The Labute approximate surface area is 78.8 Å². The molecular weight excluding hydrogens is 166 g/mol. The van der Waals surface area contributed by atoms with Crippen LogP contribution in [0.5, 0.6) is 0 Å². The number of fused-ring (bicyclic) bond motifs is 1. The average molecular weight is 183 g/mol. The summed E-state index contributed by atoms with van der Waals surface area (Å²) in [5, 5.41) is 3.48. The minimum absolute atomic E-state index is 0.00148. The number of carbonyl (C=O) groups excluding carboxylic acids is 1. The van der Waals surface area contributed by atoms with Gasteiger partial charge in [0.05, 0.1) is 13.0 Å². The number of ether oxygens (including phenoxy) is 1. The standard InChI is InChI=1S/C10H17NO2/c1-13-10(12)8-5-6-11-9-4-2-3-7(8)9/h7-9,11H,2-6H2,1H3/t7-,8-,9+/m1/s1. The number of carbonyl (C=O) groups is 1. The predicted molar refractivity (Wildman–Crippen MR) is 49.3 cm³/mol. The van der Waals surface area contributed by atoms with Gasteiger partial charge in [0.1, 0.15) is 0 Å². The van der Waals surface area contributed by atoms with E-state index in [1.165, 1.54) is 26.4 Å². The molecule has 0 aromatic rings. The molecule has 1 saturated heterocycles. The second kappa shape index (κ2) is 3.66. The van der Waals surface area contributed by atoms with E-state index >= 15 is 0 Å². The van der Waals surface area contributed by atoms with Gasteiger partial charge in [0.15, 0.2) is 0 Å². The molecule has 1 heterocycles. The lowest BCUT2D eigenvalue weighted by molar-refractivity contribution is -0.148. The number of piperidine rings is 1. The zero-order valence-corrected chi connectivity index (χ0v) is 8.08. The van der Waals surface area contributed by atoms with Gasteiger partial charge in [0.2, 0.25) is 0 Å². The monoisotopic (exact) mass is 183 g/mol. The third kappa shape index (κ3) is 1.57. The van der Waals surface area contributed by atoms with Gasteiger partial charge >= 0.3 is 5.97 Å². The largest absolute Gasteiger partial charge is 0.469 e. The normalized spacial score (nSPS) is 38.4. The number of rotatable bonds is 1. The summed E-state index contributed by atoms with van der Waals surface area (Å²) in [6.07, 6.45) is 4.64. The van der Waals surface area contributed by atoms with Crippen molar-refractivity contribution in [1.29, 1.82) is 0 Å². The second-order valence-corrected chi connectivity index (χ2v) is 4.07. The highest BCUT2D eigenvalue weighted by atomic mass is 16.5. The van der Waals surface area contributed by atoms with Crippen LogP contribution in [0, 0.1) is 11.8 Å². The van der Waals surface area contributed by atoms with Crippen molar-refractivity contribution in [1.82, 2.24) is 5.32 Å². The van der Waals surface area contributed by atoms with Gasteiger partial charge in [-0.25, -0.2) is 0 Å². The van der Waals surface area contributed by atoms with Gasteiger partial charge < -0.3 is 10.1 Å². The van der Waals surface area contributed by atoms with E-state index in [9.17, 15) is 4.79 Å². The molecule has 2 aliphatic rings. The molecule has 2 fully saturated rings. The lowest BCUT2D eigenvalue weighted by Crippen LogP contribution is -2.45. The Morgan fingerprint density at radius 1 is 1.38 bits per heavy atom. The molecule has 74 valence electrons.